The predicted molar refractivity (Wildman–Crippen MR) is 147 cm³/mol. The number of methoxy groups -OCH3 is 1. The van der Waals surface area contributed by atoms with Gasteiger partial charge in [0.15, 0.2) is 4.80 Å². The van der Waals surface area contributed by atoms with Gasteiger partial charge in [0, 0.05) is 6.07 Å². The van der Waals surface area contributed by atoms with Gasteiger partial charge in [0.05, 0.1) is 39.4 Å². The van der Waals surface area contributed by atoms with Crippen LogP contribution in [0.5, 0.6) is 11.5 Å². The minimum Gasteiger partial charge on any atom is -0.466 e. The van der Waals surface area contributed by atoms with E-state index >= 15 is 0 Å². The van der Waals surface area contributed by atoms with Crippen LogP contribution in [0.3, 0.4) is 0 Å². The van der Waals surface area contributed by atoms with Crippen LogP contribution in [0.25, 0.3) is 6.08 Å². The molecule has 0 spiro atoms. The highest BCUT2D eigenvalue weighted by Gasteiger charge is 2.34. The van der Waals surface area contributed by atoms with E-state index in [4.69, 9.17) is 9.47 Å². The van der Waals surface area contributed by atoms with Crippen LogP contribution in [-0.4, -0.2) is 22.6 Å². The van der Waals surface area contributed by atoms with Gasteiger partial charge in [0.2, 0.25) is 5.75 Å². The highest BCUT2D eigenvalue weighted by atomic mass is 32.1. The summed E-state index contributed by atoms with van der Waals surface area (Å²) >= 11 is 1.11. The molecule has 0 saturated heterocycles. The number of nitrogens with zero attached hydrogens (tertiary/aromatic N) is 3. The molecule has 4 aromatic rings. The quantitative estimate of drug-likeness (QED) is 0.174. The first-order valence-electron chi connectivity index (χ1n) is 12.3. The van der Waals surface area contributed by atoms with E-state index in [-0.39, 0.29) is 21.6 Å². The minimum atomic E-state index is -4.76. The lowest BCUT2D eigenvalue weighted by molar-refractivity contribution is -0.385. The Balaban J connectivity index is 1.56. The largest absolute Gasteiger partial charge is 0.466 e. The molecule has 0 bridgehead atoms. The smallest absolute Gasteiger partial charge is 0.416 e. The third-order valence-corrected chi connectivity index (χ3v) is 7.39. The fourth-order valence-corrected chi connectivity index (χ4v) is 5.56. The van der Waals surface area contributed by atoms with Crippen molar-refractivity contribution in [2.24, 2.45) is 4.99 Å². The molecule has 1 aliphatic rings. The maximum Gasteiger partial charge on any atom is 0.416 e. The first-order valence-corrected chi connectivity index (χ1v) is 13.1. The molecule has 1 unspecified atom stereocenters. The third kappa shape index (κ3) is 5.46. The molecule has 0 aliphatic carbocycles. The van der Waals surface area contributed by atoms with Crippen LogP contribution in [0.4, 0.5) is 18.9 Å². The minimum absolute atomic E-state index is 0.102. The first kappa shape index (κ1) is 28.5. The van der Waals surface area contributed by atoms with Crippen molar-refractivity contribution in [3.8, 4) is 11.5 Å². The van der Waals surface area contributed by atoms with Crippen molar-refractivity contribution < 1.29 is 32.4 Å². The van der Waals surface area contributed by atoms with Crippen molar-refractivity contribution in [2.75, 3.05) is 7.11 Å². The van der Waals surface area contributed by atoms with Crippen molar-refractivity contribution >= 4 is 29.1 Å². The average molecular weight is 596 g/mol. The van der Waals surface area contributed by atoms with E-state index in [9.17, 15) is 32.9 Å². The maximum absolute atomic E-state index is 13.7. The van der Waals surface area contributed by atoms with Gasteiger partial charge >= 0.3 is 17.8 Å². The van der Waals surface area contributed by atoms with Gasteiger partial charge in [-0.2, -0.15) is 13.2 Å². The number of alkyl halides is 3. The molecule has 0 fully saturated rings. The van der Waals surface area contributed by atoms with E-state index in [0.717, 1.165) is 17.4 Å². The lowest BCUT2D eigenvalue weighted by Crippen LogP contribution is -2.39. The highest BCUT2D eigenvalue weighted by molar-refractivity contribution is 7.07. The van der Waals surface area contributed by atoms with Crippen molar-refractivity contribution in [2.45, 2.75) is 19.1 Å². The molecule has 0 radical (unpaired) electrons. The maximum atomic E-state index is 13.7. The van der Waals surface area contributed by atoms with Gasteiger partial charge in [-0.1, -0.05) is 53.8 Å². The zero-order chi connectivity index (χ0) is 30.2. The fourth-order valence-electron chi connectivity index (χ4n) is 4.51. The molecule has 0 amide bonds. The Labute approximate surface area is 239 Å². The van der Waals surface area contributed by atoms with Crippen LogP contribution < -0.4 is 19.6 Å². The van der Waals surface area contributed by atoms with Crippen molar-refractivity contribution in [1.82, 2.24) is 4.57 Å². The summed E-state index contributed by atoms with van der Waals surface area (Å²) in [4.78, 5) is 41.8. The topological polar surface area (TPSA) is 113 Å². The molecule has 0 N–H and O–H groups in total. The molecule has 1 aromatic heterocycles. The number of allylic oxidation sites excluding steroid dienone is 1. The molecule has 9 nitrogen and oxygen atoms in total. The molecular weight excluding hydrogens is 575 g/mol. The predicted octanol–water partition coefficient (Wildman–Crippen LogP) is 5.13. The van der Waals surface area contributed by atoms with Crippen LogP contribution in [0.15, 0.2) is 93.9 Å². The van der Waals surface area contributed by atoms with E-state index in [1.165, 1.54) is 23.8 Å². The van der Waals surface area contributed by atoms with Gasteiger partial charge in [0.25, 0.3) is 5.56 Å². The zero-order valence-electron chi connectivity index (χ0n) is 21.9. The molecule has 42 heavy (non-hydrogen) atoms. The average Bonchev–Trinajstić information content (AvgIpc) is 3.25. The number of aromatic nitrogens is 1. The van der Waals surface area contributed by atoms with Crippen LogP contribution in [0.1, 0.15) is 29.7 Å². The fraction of sp³-hybridized carbons (Fsp3) is 0.138. The number of hydrogen-bond acceptors (Lipinski definition) is 8. The number of benzene rings is 3. The SMILES string of the molecule is COC(=O)C1=C(C)N=c2sc(=Cc3cccc(Oc4ccc(C(F)(F)F)cc4[N+](=O)[O-])c3)c(=O)n2C1c1ccccc1. The molecule has 214 valence electrons. The normalized spacial score (nSPS) is 15.2. The Hall–Kier alpha value is -5.04. The summed E-state index contributed by atoms with van der Waals surface area (Å²) in [6, 6.07) is 16.4. The Morgan fingerprint density at radius 3 is 2.50 bits per heavy atom. The molecule has 13 heteroatoms. The Morgan fingerprint density at radius 2 is 1.83 bits per heavy atom. The van der Waals surface area contributed by atoms with Crippen LogP contribution in [0, 0.1) is 10.1 Å². The lowest BCUT2D eigenvalue weighted by atomic mass is 9.96. The van der Waals surface area contributed by atoms with Crippen molar-refractivity contribution in [3.05, 3.63) is 131 Å². The van der Waals surface area contributed by atoms with E-state index in [1.807, 2.05) is 6.07 Å². The summed E-state index contributed by atoms with van der Waals surface area (Å²) in [7, 11) is 1.25. The number of esters is 1. The number of nitro benzene ring substituents is 1. The molecule has 1 aliphatic heterocycles. The summed E-state index contributed by atoms with van der Waals surface area (Å²) in [5.74, 6) is -0.884. The standard InChI is InChI=1S/C29H20F3N3O6S/c1-16-24(27(37)40-2)25(18-8-4-3-5-9-18)34-26(36)23(42-28(34)33-16)14-17-7-6-10-20(13-17)41-22-12-11-19(29(30,31)32)15-21(22)35(38)39/h3-15,25H,1-2H3. The second-order valence-corrected chi connectivity index (χ2v) is 10.1. The third-order valence-electron chi connectivity index (χ3n) is 6.41. The van der Waals surface area contributed by atoms with Gasteiger partial charge in [-0.3, -0.25) is 19.5 Å². The number of nitro groups is 1. The van der Waals surface area contributed by atoms with Gasteiger partial charge in [-0.15, -0.1) is 0 Å². The van der Waals surface area contributed by atoms with Crippen LogP contribution >= 0.6 is 11.3 Å². The monoisotopic (exact) mass is 595 g/mol. The molecule has 1 atom stereocenters. The molecular formula is C29H20F3N3O6S. The number of carbonyl (C=O) groups excluding carboxylic acids is 1. The summed E-state index contributed by atoms with van der Waals surface area (Å²) in [5, 5.41) is 11.4. The van der Waals surface area contributed by atoms with Gasteiger partial charge in [-0.05, 0) is 48.4 Å². The lowest BCUT2D eigenvalue weighted by Gasteiger charge is -2.24. The van der Waals surface area contributed by atoms with Crippen molar-refractivity contribution in [1.29, 1.82) is 0 Å². The molecule has 3 aromatic carbocycles. The number of thiazole rings is 1. The number of carbonyl (C=O) groups is 1. The second-order valence-electron chi connectivity index (χ2n) is 9.10. The van der Waals surface area contributed by atoms with Gasteiger partial charge in [0.1, 0.15) is 5.75 Å². The van der Waals surface area contributed by atoms with E-state index < -0.39 is 39.9 Å². The number of ether oxygens (including phenoxy) is 2. The summed E-state index contributed by atoms with van der Waals surface area (Å²) < 4.78 is 51.5. The first-order chi connectivity index (χ1) is 20.0. The van der Waals surface area contributed by atoms with Gasteiger partial charge < -0.3 is 9.47 Å². The number of hydrogen-bond donors (Lipinski definition) is 0. The highest BCUT2D eigenvalue weighted by Crippen LogP contribution is 2.38. The molecule has 0 saturated carbocycles. The Morgan fingerprint density at radius 1 is 1.10 bits per heavy atom. The summed E-state index contributed by atoms with van der Waals surface area (Å²) in [5.41, 5.74) is -0.619. The molecule has 2 heterocycles. The second kappa shape index (κ2) is 11.1. The molecule has 5 rings (SSSR count). The van der Waals surface area contributed by atoms with E-state index in [1.54, 1.807) is 49.4 Å². The van der Waals surface area contributed by atoms with Crippen LogP contribution in [-0.2, 0) is 15.7 Å². The van der Waals surface area contributed by atoms with E-state index in [2.05, 4.69) is 4.99 Å². The Kier molecular flexibility index (Phi) is 7.52. The number of rotatable bonds is 6. The summed E-state index contributed by atoms with van der Waals surface area (Å²) in [6.45, 7) is 1.67. The van der Waals surface area contributed by atoms with E-state index in [0.29, 0.717) is 33.8 Å². The summed E-state index contributed by atoms with van der Waals surface area (Å²) in [6.07, 6.45) is -3.19. The number of fused-ring (bicyclic) bond motifs is 1. The van der Waals surface area contributed by atoms with Crippen molar-refractivity contribution in [3.63, 3.8) is 0 Å². The zero-order valence-corrected chi connectivity index (χ0v) is 22.7. The van der Waals surface area contributed by atoms with Gasteiger partial charge in [-0.25, -0.2) is 9.79 Å². The Bertz CT molecular complexity index is 1930. The van der Waals surface area contributed by atoms with Crippen LogP contribution in [0.2, 0.25) is 0 Å². The number of halogens is 3.